The van der Waals surface area contributed by atoms with Crippen LogP contribution < -0.4 is 5.43 Å². The van der Waals surface area contributed by atoms with Gasteiger partial charge >= 0.3 is 5.97 Å². The molecule has 0 aromatic heterocycles. The number of hydrogen-bond donors (Lipinski definition) is 2. The maximum atomic E-state index is 13.2. The van der Waals surface area contributed by atoms with Crippen LogP contribution >= 0.6 is 0 Å². The number of hydrogen-bond acceptors (Lipinski definition) is 3. The molecule has 0 saturated heterocycles. The van der Waals surface area contributed by atoms with Crippen LogP contribution in [0.25, 0.3) is 0 Å². The first-order chi connectivity index (χ1) is 8.04. The number of anilines is 1. The zero-order chi connectivity index (χ0) is 12.8. The van der Waals surface area contributed by atoms with Crippen molar-refractivity contribution >= 4 is 17.4 Å². The van der Waals surface area contributed by atoms with Crippen LogP contribution in [0.1, 0.15) is 19.8 Å². The standard InChI is InChI=1S/C11H12F2N2O2/c1-2-3-10(11(16)17)15-14-9-5-4-7(12)6-8(9)13/h4-6,14H,2-3H2,1H3,(H,16,17). The molecule has 0 aliphatic rings. The highest BCUT2D eigenvalue weighted by Crippen LogP contribution is 2.14. The number of nitrogens with one attached hydrogen (secondary N) is 1. The summed E-state index contributed by atoms with van der Waals surface area (Å²) in [5, 5.41) is 12.3. The van der Waals surface area contributed by atoms with Crippen molar-refractivity contribution in [1.29, 1.82) is 0 Å². The second-order valence-corrected chi connectivity index (χ2v) is 3.35. The molecule has 0 saturated carbocycles. The molecule has 1 aromatic carbocycles. The van der Waals surface area contributed by atoms with Crippen molar-refractivity contribution in [3.8, 4) is 0 Å². The van der Waals surface area contributed by atoms with Crippen LogP contribution in [0.3, 0.4) is 0 Å². The van der Waals surface area contributed by atoms with E-state index < -0.39 is 17.6 Å². The Morgan fingerprint density at radius 1 is 1.47 bits per heavy atom. The monoisotopic (exact) mass is 242 g/mol. The van der Waals surface area contributed by atoms with Gasteiger partial charge in [0.1, 0.15) is 11.5 Å². The first-order valence-electron chi connectivity index (χ1n) is 5.05. The van der Waals surface area contributed by atoms with E-state index in [0.29, 0.717) is 12.5 Å². The summed E-state index contributed by atoms with van der Waals surface area (Å²) in [6, 6.07) is 2.90. The van der Waals surface area contributed by atoms with Gasteiger partial charge in [-0.2, -0.15) is 5.10 Å². The molecule has 4 nitrogen and oxygen atoms in total. The van der Waals surface area contributed by atoms with E-state index in [1.807, 2.05) is 0 Å². The van der Waals surface area contributed by atoms with Crippen molar-refractivity contribution in [2.24, 2.45) is 5.10 Å². The quantitative estimate of drug-likeness (QED) is 0.616. The molecule has 0 aliphatic heterocycles. The summed E-state index contributed by atoms with van der Waals surface area (Å²) in [6.45, 7) is 1.80. The molecule has 0 bridgehead atoms. The van der Waals surface area contributed by atoms with Crippen molar-refractivity contribution in [2.45, 2.75) is 19.8 Å². The predicted molar refractivity (Wildman–Crippen MR) is 60.0 cm³/mol. The van der Waals surface area contributed by atoms with Crippen molar-refractivity contribution in [3.05, 3.63) is 29.8 Å². The predicted octanol–water partition coefficient (Wildman–Crippen LogP) is 2.62. The minimum Gasteiger partial charge on any atom is -0.477 e. The Kier molecular flexibility index (Phi) is 4.56. The van der Waals surface area contributed by atoms with Crippen LogP contribution in [-0.4, -0.2) is 16.8 Å². The molecule has 0 spiro atoms. The molecular weight excluding hydrogens is 230 g/mol. The van der Waals surface area contributed by atoms with E-state index in [-0.39, 0.29) is 17.8 Å². The van der Waals surface area contributed by atoms with Crippen LogP contribution in [0.2, 0.25) is 0 Å². The number of hydrazone groups is 1. The second kappa shape index (κ2) is 5.93. The molecule has 0 fully saturated rings. The number of carboxylic acid groups (broad SMARTS) is 1. The molecule has 1 rings (SSSR count). The zero-order valence-electron chi connectivity index (χ0n) is 9.20. The van der Waals surface area contributed by atoms with Crippen LogP contribution in [0.5, 0.6) is 0 Å². The van der Waals surface area contributed by atoms with E-state index in [4.69, 9.17) is 5.11 Å². The van der Waals surface area contributed by atoms with Gasteiger partial charge in [-0.1, -0.05) is 13.3 Å². The first-order valence-corrected chi connectivity index (χ1v) is 5.05. The minimum absolute atomic E-state index is 0.0683. The van der Waals surface area contributed by atoms with Crippen LogP contribution in [-0.2, 0) is 4.79 Å². The van der Waals surface area contributed by atoms with E-state index in [9.17, 15) is 13.6 Å². The van der Waals surface area contributed by atoms with Gasteiger partial charge in [0, 0.05) is 6.07 Å². The molecule has 0 heterocycles. The number of benzene rings is 1. The molecule has 0 atom stereocenters. The van der Waals surface area contributed by atoms with E-state index in [2.05, 4.69) is 10.5 Å². The second-order valence-electron chi connectivity index (χ2n) is 3.35. The number of carbonyl (C=O) groups is 1. The molecule has 0 amide bonds. The Labute approximate surface area is 97.0 Å². The summed E-state index contributed by atoms with van der Waals surface area (Å²) >= 11 is 0. The Hall–Kier alpha value is -1.98. The number of halogens is 2. The molecule has 0 aliphatic carbocycles. The fraction of sp³-hybridized carbons (Fsp3) is 0.273. The summed E-state index contributed by atoms with van der Waals surface area (Å²) < 4.78 is 25.8. The summed E-state index contributed by atoms with van der Waals surface area (Å²) in [5.41, 5.74) is 2.10. The third-order valence-corrected chi connectivity index (χ3v) is 1.98. The Balaban J connectivity index is 2.83. The molecule has 17 heavy (non-hydrogen) atoms. The molecule has 1 aromatic rings. The Morgan fingerprint density at radius 2 is 2.18 bits per heavy atom. The van der Waals surface area contributed by atoms with Gasteiger partial charge in [0.15, 0.2) is 5.82 Å². The summed E-state index contributed by atoms with van der Waals surface area (Å²) in [6.07, 6.45) is 0.879. The Morgan fingerprint density at radius 3 is 2.71 bits per heavy atom. The average molecular weight is 242 g/mol. The number of rotatable bonds is 5. The van der Waals surface area contributed by atoms with E-state index in [1.54, 1.807) is 6.92 Å². The van der Waals surface area contributed by atoms with Crippen molar-refractivity contribution in [3.63, 3.8) is 0 Å². The number of nitrogens with zero attached hydrogens (tertiary/aromatic N) is 1. The van der Waals surface area contributed by atoms with Crippen molar-refractivity contribution in [1.82, 2.24) is 0 Å². The van der Waals surface area contributed by atoms with Gasteiger partial charge in [-0.15, -0.1) is 0 Å². The van der Waals surface area contributed by atoms with Crippen LogP contribution in [0.4, 0.5) is 14.5 Å². The lowest BCUT2D eigenvalue weighted by atomic mass is 10.2. The lowest BCUT2D eigenvalue weighted by Crippen LogP contribution is -2.14. The van der Waals surface area contributed by atoms with E-state index in [0.717, 1.165) is 12.1 Å². The number of carboxylic acids is 1. The normalized spacial score (nSPS) is 11.4. The third-order valence-electron chi connectivity index (χ3n) is 1.98. The van der Waals surface area contributed by atoms with Crippen LogP contribution in [0.15, 0.2) is 23.3 Å². The highest BCUT2D eigenvalue weighted by Gasteiger charge is 2.09. The fourth-order valence-electron chi connectivity index (χ4n) is 1.16. The van der Waals surface area contributed by atoms with Crippen LogP contribution in [0, 0.1) is 11.6 Å². The van der Waals surface area contributed by atoms with Gasteiger partial charge < -0.3 is 5.11 Å². The van der Waals surface area contributed by atoms with Crippen molar-refractivity contribution < 1.29 is 18.7 Å². The SMILES string of the molecule is CCCC(=NNc1ccc(F)cc1F)C(=O)O. The maximum absolute atomic E-state index is 13.2. The molecule has 92 valence electrons. The molecule has 0 unspecified atom stereocenters. The third kappa shape index (κ3) is 3.82. The van der Waals surface area contributed by atoms with Gasteiger partial charge in [-0.25, -0.2) is 13.6 Å². The topological polar surface area (TPSA) is 61.7 Å². The molecule has 6 heteroatoms. The molecular formula is C11H12F2N2O2. The summed E-state index contributed by atoms with van der Waals surface area (Å²) in [4.78, 5) is 10.7. The summed E-state index contributed by atoms with van der Waals surface area (Å²) in [5.74, 6) is -2.69. The lowest BCUT2D eigenvalue weighted by molar-refractivity contribution is -0.129. The van der Waals surface area contributed by atoms with E-state index in [1.165, 1.54) is 0 Å². The lowest BCUT2D eigenvalue weighted by Gasteiger charge is -2.04. The average Bonchev–Trinajstić information content (AvgIpc) is 2.25. The smallest absolute Gasteiger partial charge is 0.352 e. The maximum Gasteiger partial charge on any atom is 0.352 e. The largest absolute Gasteiger partial charge is 0.477 e. The van der Waals surface area contributed by atoms with E-state index >= 15 is 0 Å². The highest BCUT2D eigenvalue weighted by molar-refractivity contribution is 6.35. The minimum atomic E-state index is -1.16. The highest BCUT2D eigenvalue weighted by atomic mass is 19.1. The van der Waals surface area contributed by atoms with Gasteiger partial charge in [-0.3, -0.25) is 5.43 Å². The van der Waals surface area contributed by atoms with Gasteiger partial charge in [0.2, 0.25) is 0 Å². The molecule has 0 radical (unpaired) electrons. The zero-order valence-corrected chi connectivity index (χ0v) is 9.20. The number of aliphatic carboxylic acids is 1. The Bertz CT molecular complexity index is 447. The first kappa shape index (κ1) is 13.1. The fourth-order valence-corrected chi connectivity index (χ4v) is 1.16. The van der Waals surface area contributed by atoms with Crippen molar-refractivity contribution in [2.75, 3.05) is 5.43 Å². The molecule has 2 N–H and O–H groups in total. The van der Waals surface area contributed by atoms with Gasteiger partial charge in [0.05, 0.1) is 5.69 Å². The summed E-state index contributed by atoms with van der Waals surface area (Å²) in [7, 11) is 0. The van der Waals surface area contributed by atoms with Gasteiger partial charge in [0.25, 0.3) is 0 Å². The van der Waals surface area contributed by atoms with Gasteiger partial charge in [-0.05, 0) is 18.6 Å².